The van der Waals surface area contributed by atoms with E-state index in [4.69, 9.17) is 9.47 Å². The van der Waals surface area contributed by atoms with Gasteiger partial charge >= 0.3 is 5.97 Å². The first-order valence-electron chi connectivity index (χ1n) is 13.7. The minimum absolute atomic E-state index is 0.00404. The summed E-state index contributed by atoms with van der Waals surface area (Å²) in [6.07, 6.45) is 0.378. The van der Waals surface area contributed by atoms with Crippen molar-refractivity contribution in [1.82, 2.24) is 15.5 Å². The molecule has 0 aliphatic carbocycles. The average Bonchev–Trinajstić information content (AvgIpc) is 3.61. The van der Waals surface area contributed by atoms with Crippen LogP contribution in [0.25, 0.3) is 0 Å². The van der Waals surface area contributed by atoms with Gasteiger partial charge in [0.15, 0.2) is 0 Å². The number of rotatable bonds is 13. The Morgan fingerprint density at radius 2 is 1.80 bits per heavy atom. The monoisotopic (exact) mass is 638 g/mol. The second kappa shape index (κ2) is 12.8. The van der Waals surface area contributed by atoms with E-state index < -0.39 is 50.5 Å². The van der Waals surface area contributed by atoms with Crippen molar-refractivity contribution >= 4 is 53.0 Å². The normalized spacial score (nSPS) is 22.3. The lowest BCUT2D eigenvalue weighted by Gasteiger charge is -2.49. The highest BCUT2D eigenvalue weighted by atomic mass is 32.2. The Morgan fingerprint density at radius 1 is 1.09 bits per heavy atom. The van der Waals surface area contributed by atoms with E-state index in [1.807, 2.05) is 29.0 Å². The molecule has 2 N–H and O–H groups in total. The number of carbonyl (C=O) groups is 4. The Bertz CT molecular complexity index is 1530. The SMILES string of the molecule is CC1(C)S[C@@H]2[C@H](NC(=O)C(COCc3ccc([N+](=O)[O-])cc3)c3ccsc3)C(=O)N2[C@@]1(NC=O)C(=O)OCc1ccccc1. The molecule has 0 radical (unpaired) electrons. The number of carbonyl (C=O) groups excluding carboxylic acids is 4. The molecule has 14 heteroatoms. The van der Waals surface area contributed by atoms with E-state index >= 15 is 0 Å². The van der Waals surface area contributed by atoms with Gasteiger partial charge in [-0.2, -0.15) is 11.3 Å². The molecule has 0 bridgehead atoms. The van der Waals surface area contributed by atoms with Crippen LogP contribution >= 0.6 is 23.1 Å². The summed E-state index contributed by atoms with van der Waals surface area (Å²) in [4.78, 5) is 64.2. The van der Waals surface area contributed by atoms with E-state index in [0.29, 0.717) is 17.5 Å². The first-order chi connectivity index (χ1) is 21.1. The molecule has 1 unspecified atom stereocenters. The van der Waals surface area contributed by atoms with E-state index in [-0.39, 0.29) is 25.5 Å². The topological polar surface area (TPSA) is 157 Å². The molecule has 1 aromatic heterocycles. The van der Waals surface area contributed by atoms with E-state index in [2.05, 4.69) is 10.6 Å². The van der Waals surface area contributed by atoms with Crippen LogP contribution < -0.4 is 10.6 Å². The fraction of sp³-hybridized carbons (Fsp3) is 0.333. The molecule has 44 heavy (non-hydrogen) atoms. The summed E-state index contributed by atoms with van der Waals surface area (Å²) in [6.45, 7) is 3.55. The number of nitro groups is 1. The molecule has 5 rings (SSSR count). The summed E-state index contributed by atoms with van der Waals surface area (Å²) < 4.78 is 10.4. The summed E-state index contributed by atoms with van der Waals surface area (Å²) >= 11 is 2.70. The number of nitrogens with one attached hydrogen (secondary N) is 2. The van der Waals surface area contributed by atoms with Crippen LogP contribution in [0.3, 0.4) is 0 Å². The van der Waals surface area contributed by atoms with Crippen molar-refractivity contribution in [3.63, 3.8) is 0 Å². The number of β-lactam (4-membered cyclic amide) rings is 1. The summed E-state index contributed by atoms with van der Waals surface area (Å²) in [7, 11) is 0. The van der Waals surface area contributed by atoms with Crippen LogP contribution in [0.15, 0.2) is 71.4 Å². The Labute approximate surface area is 261 Å². The van der Waals surface area contributed by atoms with Crippen molar-refractivity contribution in [2.24, 2.45) is 0 Å². The standard InChI is InChI=1S/C30H30N4O8S2/c1-29(2)30(31-18-35,28(38)42-15-19-6-4-3-5-7-19)33-26(37)24(27(33)44-29)32-25(36)23(21-12-13-43-17-21)16-41-14-20-8-10-22(11-9-20)34(39)40/h3-13,17-18,23-24,27H,14-16H2,1-2H3,(H,31,35)(H,32,36)/t23?,24-,27-,30+/m1/s1. The predicted octanol–water partition coefficient (Wildman–Crippen LogP) is 3.32. The van der Waals surface area contributed by atoms with E-state index in [0.717, 1.165) is 5.56 Å². The van der Waals surface area contributed by atoms with Crippen LogP contribution in [0.2, 0.25) is 0 Å². The third kappa shape index (κ3) is 5.79. The van der Waals surface area contributed by atoms with Gasteiger partial charge in [-0.05, 0) is 59.5 Å². The highest BCUT2D eigenvalue weighted by molar-refractivity contribution is 8.01. The molecule has 0 saturated carbocycles. The van der Waals surface area contributed by atoms with Crippen molar-refractivity contribution in [3.05, 3.63) is 98.2 Å². The molecule has 4 atom stereocenters. The molecule has 3 heterocycles. The smallest absolute Gasteiger partial charge is 0.355 e. The van der Waals surface area contributed by atoms with Gasteiger partial charge in [0.25, 0.3) is 11.6 Å². The lowest BCUT2D eigenvalue weighted by atomic mass is 9.88. The van der Waals surface area contributed by atoms with Gasteiger partial charge in [0.1, 0.15) is 18.0 Å². The summed E-state index contributed by atoms with van der Waals surface area (Å²) in [5.41, 5.74) is 0.344. The molecule has 12 nitrogen and oxygen atoms in total. The maximum atomic E-state index is 13.6. The number of nitro benzene ring substituents is 1. The maximum Gasteiger partial charge on any atom is 0.355 e. The van der Waals surface area contributed by atoms with Gasteiger partial charge in [-0.25, -0.2) is 4.79 Å². The number of ether oxygens (including phenoxy) is 2. The molecule has 0 spiro atoms. The molecule has 2 saturated heterocycles. The number of esters is 1. The number of fused-ring (bicyclic) bond motifs is 1. The summed E-state index contributed by atoms with van der Waals surface area (Å²) in [6, 6.07) is 15.8. The predicted molar refractivity (Wildman–Crippen MR) is 162 cm³/mol. The molecular formula is C30H30N4O8S2. The van der Waals surface area contributed by atoms with Gasteiger partial charge in [-0.1, -0.05) is 30.3 Å². The van der Waals surface area contributed by atoms with Crippen molar-refractivity contribution in [3.8, 4) is 0 Å². The number of nitrogens with zero attached hydrogens (tertiary/aromatic N) is 2. The highest BCUT2D eigenvalue weighted by Gasteiger charge is 2.74. The Morgan fingerprint density at radius 3 is 2.43 bits per heavy atom. The maximum absolute atomic E-state index is 13.6. The number of thiophene rings is 1. The van der Waals surface area contributed by atoms with E-state index in [1.165, 1.54) is 40.1 Å². The second-order valence-electron chi connectivity index (χ2n) is 10.8. The van der Waals surface area contributed by atoms with Crippen LogP contribution in [0, 0.1) is 10.1 Å². The first kappa shape index (κ1) is 31.2. The molecule has 2 aliphatic heterocycles. The fourth-order valence-electron chi connectivity index (χ4n) is 5.37. The molecule has 2 aromatic carbocycles. The molecule has 2 fully saturated rings. The van der Waals surface area contributed by atoms with Gasteiger partial charge in [0, 0.05) is 12.1 Å². The zero-order valence-electron chi connectivity index (χ0n) is 23.8. The Kier molecular flexibility index (Phi) is 9.04. The molecule has 230 valence electrons. The summed E-state index contributed by atoms with van der Waals surface area (Å²) in [5.74, 6) is -2.48. The van der Waals surface area contributed by atoms with E-state index in [1.54, 1.807) is 44.2 Å². The molecule has 2 aliphatic rings. The second-order valence-corrected chi connectivity index (χ2v) is 13.3. The third-order valence-electron chi connectivity index (χ3n) is 7.73. The van der Waals surface area contributed by atoms with Crippen LogP contribution in [0.4, 0.5) is 5.69 Å². The minimum Gasteiger partial charge on any atom is -0.458 e. The number of benzene rings is 2. The largest absolute Gasteiger partial charge is 0.458 e. The van der Waals surface area contributed by atoms with Gasteiger partial charge < -0.3 is 20.1 Å². The summed E-state index contributed by atoms with van der Waals surface area (Å²) in [5, 5.41) is 19.3. The quantitative estimate of drug-likeness (QED) is 0.0942. The zero-order valence-corrected chi connectivity index (χ0v) is 25.5. The lowest BCUT2D eigenvalue weighted by molar-refractivity contribution is -0.384. The molecule has 3 aromatic rings. The highest BCUT2D eigenvalue weighted by Crippen LogP contribution is 2.56. The Hall–Kier alpha value is -4.27. The average molecular weight is 639 g/mol. The van der Waals surface area contributed by atoms with E-state index in [9.17, 15) is 29.3 Å². The number of amides is 3. The zero-order chi connectivity index (χ0) is 31.5. The lowest BCUT2D eigenvalue weighted by Crippen LogP contribution is -2.79. The van der Waals surface area contributed by atoms with Crippen molar-refractivity contribution < 1.29 is 33.6 Å². The number of thioether (sulfide) groups is 1. The first-order valence-corrected chi connectivity index (χ1v) is 15.5. The Balaban J connectivity index is 1.28. The van der Waals surface area contributed by atoms with Crippen LogP contribution in [0.1, 0.15) is 36.5 Å². The van der Waals surface area contributed by atoms with Crippen LogP contribution in [0.5, 0.6) is 0 Å². The van der Waals surface area contributed by atoms with Crippen molar-refractivity contribution in [2.45, 2.75) is 54.8 Å². The molecular weight excluding hydrogens is 608 g/mol. The third-order valence-corrected chi connectivity index (χ3v) is 10.0. The van der Waals surface area contributed by atoms with Crippen molar-refractivity contribution in [2.75, 3.05) is 6.61 Å². The van der Waals surface area contributed by atoms with Gasteiger partial charge in [0.05, 0.1) is 28.8 Å². The van der Waals surface area contributed by atoms with Crippen molar-refractivity contribution in [1.29, 1.82) is 0 Å². The minimum atomic E-state index is -1.78. The van der Waals surface area contributed by atoms with Gasteiger partial charge in [-0.15, -0.1) is 11.8 Å². The number of hydrogen-bond acceptors (Lipinski definition) is 10. The fourth-order valence-corrected chi connectivity index (χ4v) is 7.79. The van der Waals surface area contributed by atoms with Gasteiger partial charge in [-0.3, -0.25) is 29.4 Å². The number of hydrogen-bond donors (Lipinski definition) is 2. The molecule has 3 amide bonds. The number of non-ortho nitro benzene ring substituents is 1. The van der Waals surface area contributed by atoms with Crippen LogP contribution in [-0.2, 0) is 41.9 Å². The van der Waals surface area contributed by atoms with Gasteiger partial charge in [0.2, 0.25) is 18.0 Å². The van der Waals surface area contributed by atoms with Crippen LogP contribution in [-0.4, -0.2) is 62.4 Å².